The number of ether oxygens (including phenoxy) is 1. The number of rotatable bonds is 4. The molecular weight excluding hydrogens is 279 g/mol. The fourth-order valence-electron chi connectivity index (χ4n) is 2.07. The lowest BCUT2D eigenvalue weighted by atomic mass is 10.1. The highest BCUT2D eigenvalue weighted by molar-refractivity contribution is 7.99. The van der Waals surface area contributed by atoms with Crippen molar-refractivity contribution >= 4 is 17.8 Å². The second kappa shape index (κ2) is 7.50. The zero-order valence-corrected chi connectivity index (χ0v) is 12.3. The molecule has 0 bridgehead atoms. The molecule has 1 atom stereocenters. The molecule has 6 heteroatoms. The van der Waals surface area contributed by atoms with Gasteiger partial charge in [0, 0.05) is 38.2 Å². The van der Waals surface area contributed by atoms with Crippen LogP contribution in [0.25, 0.3) is 0 Å². The normalized spacial score (nSPS) is 16.8. The van der Waals surface area contributed by atoms with Crippen molar-refractivity contribution in [1.29, 1.82) is 0 Å². The van der Waals surface area contributed by atoms with Crippen molar-refractivity contribution in [2.75, 3.05) is 38.2 Å². The van der Waals surface area contributed by atoms with Crippen LogP contribution in [0.3, 0.4) is 0 Å². The molecule has 1 N–H and O–H groups in total. The second-order valence-corrected chi connectivity index (χ2v) is 5.79. The van der Waals surface area contributed by atoms with E-state index in [0.717, 1.165) is 30.2 Å². The van der Waals surface area contributed by atoms with Crippen molar-refractivity contribution in [3.63, 3.8) is 0 Å². The van der Waals surface area contributed by atoms with Crippen LogP contribution in [0.2, 0.25) is 0 Å². The molecule has 1 heterocycles. The SMILES string of the molecule is CO[C@@H](CNC(=O)N1CCSCC1)c1ccc(F)cc1. The quantitative estimate of drug-likeness (QED) is 0.927. The zero-order valence-electron chi connectivity index (χ0n) is 11.5. The third kappa shape index (κ3) is 4.11. The van der Waals surface area contributed by atoms with Crippen LogP contribution < -0.4 is 5.32 Å². The monoisotopic (exact) mass is 298 g/mol. The number of hydrogen-bond donors (Lipinski definition) is 1. The molecule has 1 aromatic carbocycles. The van der Waals surface area contributed by atoms with Gasteiger partial charge in [0.05, 0.1) is 6.10 Å². The maximum atomic E-state index is 12.9. The van der Waals surface area contributed by atoms with Crippen molar-refractivity contribution in [3.05, 3.63) is 35.6 Å². The zero-order chi connectivity index (χ0) is 14.4. The number of benzene rings is 1. The summed E-state index contributed by atoms with van der Waals surface area (Å²) in [5.74, 6) is 1.69. The summed E-state index contributed by atoms with van der Waals surface area (Å²) in [7, 11) is 1.58. The summed E-state index contributed by atoms with van der Waals surface area (Å²) >= 11 is 1.86. The van der Waals surface area contributed by atoms with Crippen LogP contribution in [0.5, 0.6) is 0 Å². The lowest BCUT2D eigenvalue weighted by Crippen LogP contribution is -2.45. The number of carbonyl (C=O) groups excluding carboxylic acids is 1. The fraction of sp³-hybridized carbons (Fsp3) is 0.500. The first-order chi connectivity index (χ1) is 9.70. The Morgan fingerprint density at radius 3 is 2.65 bits per heavy atom. The highest BCUT2D eigenvalue weighted by Crippen LogP contribution is 2.16. The van der Waals surface area contributed by atoms with E-state index in [2.05, 4.69) is 5.32 Å². The molecule has 1 aliphatic rings. The number of hydrogen-bond acceptors (Lipinski definition) is 3. The molecule has 20 heavy (non-hydrogen) atoms. The molecule has 1 fully saturated rings. The highest BCUT2D eigenvalue weighted by atomic mass is 32.2. The van der Waals surface area contributed by atoms with E-state index in [-0.39, 0.29) is 18.0 Å². The summed E-state index contributed by atoms with van der Waals surface area (Å²) in [6, 6.07) is 6.07. The Balaban J connectivity index is 1.86. The third-order valence-electron chi connectivity index (χ3n) is 3.26. The van der Waals surface area contributed by atoms with Gasteiger partial charge in [0.1, 0.15) is 5.82 Å². The van der Waals surface area contributed by atoms with E-state index in [1.165, 1.54) is 12.1 Å². The van der Waals surface area contributed by atoms with Gasteiger partial charge in [-0.2, -0.15) is 11.8 Å². The summed E-state index contributed by atoms with van der Waals surface area (Å²) in [5.41, 5.74) is 0.850. The molecule has 4 nitrogen and oxygen atoms in total. The van der Waals surface area contributed by atoms with Crippen LogP contribution >= 0.6 is 11.8 Å². The Morgan fingerprint density at radius 1 is 1.40 bits per heavy atom. The van der Waals surface area contributed by atoms with Gasteiger partial charge in [-0.15, -0.1) is 0 Å². The van der Waals surface area contributed by atoms with Gasteiger partial charge in [-0.3, -0.25) is 0 Å². The summed E-state index contributed by atoms with van der Waals surface area (Å²) in [5, 5.41) is 2.88. The van der Waals surface area contributed by atoms with Crippen LogP contribution in [0.4, 0.5) is 9.18 Å². The van der Waals surface area contributed by atoms with E-state index in [0.29, 0.717) is 6.54 Å². The van der Waals surface area contributed by atoms with Crippen molar-refractivity contribution < 1.29 is 13.9 Å². The molecule has 1 aromatic rings. The molecule has 0 aliphatic carbocycles. The average molecular weight is 298 g/mol. The Hall–Kier alpha value is -1.27. The summed E-state index contributed by atoms with van der Waals surface area (Å²) in [4.78, 5) is 13.8. The number of halogens is 1. The molecular formula is C14H19FN2O2S. The van der Waals surface area contributed by atoms with E-state index >= 15 is 0 Å². The molecule has 0 spiro atoms. The third-order valence-corrected chi connectivity index (χ3v) is 4.21. The Labute approximate surface area is 122 Å². The number of urea groups is 1. The molecule has 0 aromatic heterocycles. The first kappa shape index (κ1) is 15.1. The lowest BCUT2D eigenvalue weighted by Gasteiger charge is -2.27. The van der Waals surface area contributed by atoms with Gasteiger partial charge in [0.15, 0.2) is 0 Å². The predicted octanol–water partition coefficient (Wildman–Crippen LogP) is 2.27. The van der Waals surface area contributed by atoms with Crippen LogP contribution in [0.1, 0.15) is 11.7 Å². The second-order valence-electron chi connectivity index (χ2n) is 4.56. The first-order valence-corrected chi connectivity index (χ1v) is 7.75. The van der Waals surface area contributed by atoms with Crippen LogP contribution in [0.15, 0.2) is 24.3 Å². The molecule has 0 radical (unpaired) electrons. The van der Waals surface area contributed by atoms with Crippen LogP contribution in [-0.4, -0.2) is 49.2 Å². The van der Waals surface area contributed by atoms with Crippen molar-refractivity contribution in [3.8, 4) is 0 Å². The van der Waals surface area contributed by atoms with Crippen molar-refractivity contribution in [2.45, 2.75) is 6.10 Å². The largest absolute Gasteiger partial charge is 0.375 e. The summed E-state index contributed by atoms with van der Waals surface area (Å²) in [6.45, 7) is 1.94. The Morgan fingerprint density at radius 2 is 2.05 bits per heavy atom. The minimum Gasteiger partial charge on any atom is -0.375 e. The maximum absolute atomic E-state index is 12.9. The number of thioether (sulfide) groups is 1. The van der Waals surface area contributed by atoms with Crippen molar-refractivity contribution in [2.24, 2.45) is 0 Å². The fourth-order valence-corrected chi connectivity index (χ4v) is 2.98. The number of nitrogens with one attached hydrogen (secondary N) is 1. The van der Waals surface area contributed by atoms with Gasteiger partial charge in [0.2, 0.25) is 0 Å². The minimum atomic E-state index is -0.279. The van der Waals surface area contributed by atoms with Gasteiger partial charge >= 0.3 is 6.03 Å². The van der Waals surface area contributed by atoms with Crippen LogP contribution in [0, 0.1) is 5.82 Å². The lowest BCUT2D eigenvalue weighted by molar-refractivity contribution is 0.101. The first-order valence-electron chi connectivity index (χ1n) is 6.59. The number of amides is 2. The van der Waals surface area contributed by atoms with Gasteiger partial charge in [-0.05, 0) is 17.7 Å². The molecule has 1 saturated heterocycles. The average Bonchev–Trinajstić information content (AvgIpc) is 2.50. The van der Waals surface area contributed by atoms with Gasteiger partial charge in [0.25, 0.3) is 0 Å². The number of methoxy groups -OCH3 is 1. The summed E-state index contributed by atoms with van der Waals surface area (Å²) < 4.78 is 18.2. The van der Waals surface area contributed by atoms with E-state index in [9.17, 15) is 9.18 Å². The van der Waals surface area contributed by atoms with Crippen LogP contribution in [-0.2, 0) is 4.74 Å². The maximum Gasteiger partial charge on any atom is 0.317 e. The van der Waals surface area contributed by atoms with E-state index in [4.69, 9.17) is 4.74 Å². The Bertz CT molecular complexity index is 435. The van der Waals surface area contributed by atoms with Gasteiger partial charge in [-0.1, -0.05) is 12.1 Å². The molecule has 2 amide bonds. The van der Waals surface area contributed by atoms with E-state index < -0.39 is 0 Å². The molecule has 1 aliphatic heterocycles. The molecule has 0 saturated carbocycles. The van der Waals surface area contributed by atoms with E-state index in [1.807, 2.05) is 16.7 Å². The van der Waals surface area contributed by atoms with Crippen molar-refractivity contribution in [1.82, 2.24) is 10.2 Å². The minimum absolute atomic E-state index is 0.0607. The Kier molecular flexibility index (Phi) is 5.67. The van der Waals surface area contributed by atoms with E-state index in [1.54, 1.807) is 19.2 Å². The molecule has 110 valence electrons. The van der Waals surface area contributed by atoms with Gasteiger partial charge in [-0.25, -0.2) is 9.18 Å². The standard InChI is InChI=1S/C14H19FN2O2S/c1-19-13(11-2-4-12(15)5-3-11)10-16-14(18)17-6-8-20-9-7-17/h2-5,13H,6-10H2,1H3,(H,16,18)/t13-/m0/s1. The number of carbonyl (C=O) groups is 1. The van der Waals surface area contributed by atoms with Gasteiger partial charge < -0.3 is 15.0 Å². The smallest absolute Gasteiger partial charge is 0.317 e. The molecule has 2 rings (SSSR count). The molecule has 0 unspecified atom stereocenters. The predicted molar refractivity (Wildman–Crippen MR) is 78.4 cm³/mol. The number of nitrogens with zero attached hydrogens (tertiary/aromatic N) is 1. The highest BCUT2D eigenvalue weighted by Gasteiger charge is 2.18. The topological polar surface area (TPSA) is 41.6 Å². The summed E-state index contributed by atoms with van der Waals surface area (Å²) in [6.07, 6.45) is -0.265.